The Morgan fingerprint density at radius 3 is 2.35 bits per heavy atom. The van der Waals surface area contributed by atoms with Crippen molar-refractivity contribution in [2.45, 2.75) is 40.0 Å². The zero-order chi connectivity index (χ0) is 22.4. The van der Waals surface area contributed by atoms with Gasteiger partial charge < -0.3 is 15.2 Å². The SMILES string of the molecule is COC(=O)c1c(NC(=O)[C@@H]2[C@H]3CC[C@@H](C3)[C@@H]2C(=O)O)sc(C)c1-c1ccc(C)c(C)c1. The van der Waals surface area contributed by atoms with Gasteiger partial charge in [0.2, 0.25) is 5.91 Å². The number of hydrogen-bond acceptors (Lipinski definition) is 5. The van der Waals surface area contributed by atoms with E-state index in [0.29, 0.717) is 10.6 Å². The lowest BCUT2D eigenvalue weighted by atomic mass is 9.78. The Morgan fingerprint density at radius 1 is 1.06 bits per heavy atom. The van der Waals surface area contributed by atoms with Crippen LogP contribution in [0.15, 0.2) is 18.2 Å². The summed E-state index contributed by atoms with van der Waals surface area (Å²) in [7, 11) is 1.32. The van der Waals surface area contributed by atoms with E-state index in [1.807, 2.05) is 39.0 Å². The van der Waals surface area contributed by atoms with Gasteiger partial charge in [-0.3, -0.25) is 9.59 Å². The molecule has 1 amide bonds. The number of aryl methyl sites for hydroxylation is 3. The number of methoxy groups -OCH3 is 1. The molecular weight excluding hydrogens is 414 g/mol. The van der Waals surface area contributed by atoms with E-state index in [4.69, 9.17) is 4.74 Å². The summed E-state index contributed by atoms with van der Waals surface area (Å²) in [5.74, 6) is -2.79. The molecule has 1 heterocycles. The maximum Gasteiger partial charge on any atom is 0.341 e. The molecule has 0 spiro atoms. The molecule has 2 aliphatic carbocycles. The van der Waals surface area contributed by atoms with Crippen LogP contribution < -0.4 is 5.32 Å². The average Bonchev–Trinajstić information content (AvgIpc) is 3.42. The van der Waals surface area contributed by atoms with Crippen molar-refractivity contribution < 1.29 is 24.2 Å². The number of aliphatic carboxylic acids is 1. The number of rotatable bonds is 5. The molecule has 0 unspecified atom stereocenters. The molecule has 7 heteroatoms. The Kier molecular flexibility index (Phi) is 5.64. The van der Waals surface area contributed by atoms with Crippen molar-refractivity contribution in [3.05, 3.63) is 39.8 Å². The highest BCUT2D eigenvalue weighted by atomic mass is 32.1. The van der Waals surface area contributed by atoms with Crippen LogP contribution in [0, 0.1) is 44.4 Å². The van der Waals surface area contributed by atoms with Gasteiger partial charge in [0.15, 0.2) is 0 Å². The van der Waals surface area contributed by atoms with Crippen molar-refractivity contribution in [3.8, 4) is 11.1 Å². The maximum absolute atomic E-state index is 13.2. The van der Waals surface area contributed by atoms with E-state index < -0.39 is 23.8 Å². The van der Waals surface area contributed by atoms with Gasteiger partial charge in [-0.15, -0.1) is 11.3 Å². The maximum atomic E-state index is 13.2. The first-order valence-electron chi connectivity index (χ1n) is 10.6. The third kappa shape index (κ3) is 3.65. The van der Waals surface area contributed by atoms with E-state index in [9.17, 15) is 19.5 Å². The topological polar surface area (TPSA) is 92.7 Å². The minimum Gasteiger partial charge on any atom is -0.481 e. The highest BCUT2D eigenvalue weighted by Crippen LogP contribution is 2.53. The van der Waals surface area contributed by atoms with E-state index in [-0.39, 0.29) is 17.7 Å². The van der Waals surface area contributed by atoms with Crippen molar-refractivity contribution in [2.24, 2.45) is 23.7 Å². The van der Waals surface area contributed by atoms with Gasteiger partial charge in [0.05, 0.1) is 18.9 Å². The first-order chi connectivity index (χ1) is 14.7. The Morgan fingerprint density at radius 2 is 1.74 bits per heavy atom. The first-order valence-corrected chi connectivity index (χ1v) is 11.4. The molecule has 1 aromatic carbocycles. The molecule has 6 nitrogen and oxygen atoms in total. The zero-order valence-electron chi connectivity index (χ0n) is 18.2. The van der Waals surface area contributed by atoms with Crippen LogP contribution in [-0.4, -0.2) is 30.1 Å². The lowest BCUT2D eigenvalue weighted by Crippen LogP contribution is -2.37. The Hall–Kier alpha value is -2.67. The molecular formula is C24H27NO5S. The van der Waals surface area contributed by atoms with Gasteiger partial charge in [-0.25, -0.2) is 4.79 Å². The fourth-order valence-corrected chi connectivity index (χ4v) is 6.46. The molecule has 2 bridgehead atoms. The molecule has 2 aliphatic rings. The number of amides is 1. The number of ether oxygens (including phenoxy) is 1. The van der Waals surface area contributed by atoms with Crippen molar-refractivity contribution in [1.82, 2.24) is 0 Å². The van der Waals surface area contributed by atoms with Crippen molar-refractivity contribution in [3.63, 3.8) is 0 Å². The summed E-state index contributed by atoms with van der Waals surface area (Å²) < 4.78 is 5.04. The monoisotopic (exact) mass is 441 g/mol. The van der Waals surface area contributed by atoms with Crippen LogP contribution in [-0.2, 0) is 14.3 Å². The normalized spacial score (nSPS) is 24.3. The van der Waals surface area contributed by atoms with E-state index in [1.54, 1.807) is 0 Å². The molecule has 0 aliphatic heterocycles. The van der Waals surface area contributed by atoms with Crippen LogP contribution in [0.25, 0.3) is 11.1 Å². The Bertz CT molecular complexity index is 1070. The van der Waals surface area contributed by atoms with E-state index in [1.165, 1.54) is 18.4 Å². The van der Waals surface area contributed by atoms with Crippen LogP contribution >= 0.6 is 11.3 Å². The summed E-state index contributed by atoms with van der Waals surface area (Å²) in [6.07, 6.45) is 2.54. The quantitative estimate of drug-likeness (QED) is 0.650. The van der Waals surface area contributed by atoms with Gasteiger partial charge >= 0.3 is 11.9 Å². The Labute approximate surface area is 185 Å². The Balaban J connectivity index is 1.72. The summed E-state index contributed by atoms with van der Waals surface area (Å²) in [5, 5.41) is 13.0. The molecule has 0 radical (unpaired) electrons. The van der Waals surface area contributed by atoms with Crippen LogP contribution in [0.4, 0.5) is 5.00 Å². The number of carbonyl (C=O) groups excluding carboxylic acids is 2. The second-order valence-electron chi connectivity index (χ2n) is 8.74. The number of benzene rings is 1. The van der Waals surface area contributed by atoms with Crippen LogP contribution in [0.3, 0.4) is 0 Å². The number of anilines is 1. The predicted octanol–water partition coefficient (Wildman–Crippen LogP) is 4.81. The second kappa shape index (κ2) is 8.11. The van der Waals surface area contributed by atoms with Gasteiger partial charge in [-0.05, 0) is 68.6 Å². The van der Waals surface area contributed by atoms with Crippen LogP contribution in [0.5, 0.6) is 0 Å². The molecule has 31 heavy (non-hydrogen) atoms. The zero-order valence-corrected chi connectivity index (χ0v) is 19.0. The molecule has 2 fully saturated rings. The van der Waals surface area contributed by atoms with Gasteiger partial charge in [0.1, 0.15) is 10.6 Å². The lowest BCUT2D eigenvalue weighted by Gasteiger charge is -2.26. The number of esters is 1. The van der Waals surface area contributed by atoms with Crippen molar-refractivity contribution >= 4 is 34.2 Å². The standard InChI is InChI=1S/C24H27NO5S/c1-11-5-6-14(9-12(11)2)17-13(3)31-22(20(17)24(29)30-4)25-21(26)18-15-7-8-16(10-15)19(18)23(27)28/h5-6,9,15-16,18-19H,7-8,10H2,1-4H3,(H,25,26)(H,27,28)/t15-,16-,18+,19-/m0/s1. The molecule has 4 rings (SSSR count). The van der Waals surface area contributed by atoms with Crippen molar-refractivity contribution in [2.75, 3.05) is 12.4 Å². The molecule has 2 N–H and O–H groups in total. The number of nitrogens with one attached hydrogen (secondary N) is 1. The van der Waals surface area contributed by atoms with E-state index in [0.717, 1.165) is 46.4 Å². The van der Waals surface area contributed by atoms with Gasteiger partial charge in [-0.1, -0.05) is 18.2 Å². The molecule has 2 saturated carbocycles. The summed E-state index contributed by atoms with van der Waals surface area (Å²) in [6, 6.07) is 6.00. The highest BCUT2D eigenvalue weighted by molar-refractivity contribution is 7.17. The summed E-state index contributed by atoms with van der Waals surface area (Å²) in [5.41, 5.74) is 4.23. The third-order valence-electron chi connectivity index (χ3n) is 7.01. The molecule has 0 saturated heterocycles. The molecule has 2 aromatic rings. The number of thiophene rings is 1. The number of fused-ring (bicyclic) bond motifs is 2. The largest absolute Gasteiger partial charge is 0.481 e. The summed E-state index contributed by atoms with van der Waals surface area (Å²) in [4.78, 5) is 38.7. The summed E-state index contributed by atoms with van der Waals surface area (Å²) >= 11 is 1.33. The second-order valence-corrected chi connectivity index (χ2v) is 9.97. The van der Waals surface area contributed by atoms with Gasteiger partial charge in [-0.2, -0.15) is 0 Å². The average molecular weight is 442 g/mol. The first kappa shape index (κ1) is 21.6. The summed E-state index contributed by atoms with van der Waals surface area (Å²) in [6.45, 7) is 5.96. The predicted molar refractivity (Wildman–Crippen MR) is 119 cm³/mol. The van der Waals surface area contributed by atoms with Gasteiger partial charge in [0.25, 0.3) is 0 Å². The molecule has 4 atom stereocenters. The number of carbonyl (C=O) groups is 3. The fourth-order valence-electron chi connectivity index (χ4n) is 5.39. The smallest absolute Gasteiger partial charge is 0.341 e. The van der Waals surface area contributed by atoms with Gasteiger partial charge in [0, 0.05) is 10.4 Å². The molecule has 1 aromatic heterocycles. The minimum atomic E-state index is -0.904. The number of carboxylic acids is 1. The van der Waals surface area contributed by atoms with E-state index in [2.05, 4.69) is 5.32 Å². The van der Waals surface area contributed by atoms with Crippen LogP contribution in [0.1, 0.15) is 45.6 Å². The van der Waals surface area contributed by atoms with Crippen LogP contribution in [0.2, 0.25) is 0 Å². The third-order valence-corrected chi connectivity index (χ3v) is 8.03. The number of carboxylic acid groups (broad SMARTS) is 1. The lowest BCUT2D eigenvalue weighted by molar-refractivity contribution is -0.148. The van der Waals surface area contributed by atoms with Crippen molar-refractivity contribution in [1.29, 1.82) is 0 Å². The highest BCUT2D eigenvalue weighted by Gasteiger charge is 2.54. The minimum absolute atomic E-state index is 0.0643. The van der Waals surface area contributed by atoms with E-state index >= 15 is 0 Å². The fraction of sp³-hybridized carbons (Fsp3) is 0.458. The number of hydrogen-bond donors (Lipinski definition) is 2. The molecule has 164 valence electrons.